The van der Waals surface area contributed by atoms with Crippen LogP contribution in [0.3, 0.4) is 0 Å². The third-order valence-electron chi connectivity index (χ3n) is 11.6. The number of nitrogens with one attached hydrogen (secondary N) is 4. The second-order valence-electron chi connectivity index (χ2n) is 15.7. The summed E-state index contributed by atoms with van der Waals surface area (Å²) in [7, 11) is 0.0420. The molecule has 0 radical (unpaired) electrons. The third-order valence-corrected chi connectivity index (χ3v) is 12.5. The van der Waals surface area contributed by atoms with E-state index < -0.39 is 22.0 Å². The van der Waals surface area contributed by atoms with Gasteiger partial charge in [0.2, 0.25) is 27.8 Å². The van der Waals surface area contributed by atoms with E-state index in [1.807, 2.05) is 18.2 Å². The van der Waals surface area contributed by atoms with Crippen molar-refractivity contribution in [3.63, 3.8) is 0 Å². The van der Waals surface area contributed by atoms with Gasteiger partial charge in [-0.3, -0.25) is 39.3 Å². The highest BCUT2D eigenvalue weighted by Gasteiger charge is 2.40. The van der Waals surface area contributed by atoms with E-state index in [0.29, 0.717) is 65.1 Å². The third kappa shape index (κ3) is 9.40. The number of halogens is 1. The first kappa shape index (κ1) is 43.3. The molecule has 3 aliphatic heterocycles. The fraction of sp³-hybridized carbons (Fsp3) is 0.372. The van der Waals surface area contributed by atoms with Crippen molar-refractivity contribution in [3.05, 3.63) is 82.8 Å². The van der Waals surface area contributed by atoms with Gasteiger partial charge < -0.3 is 29.9 Å². The largest absolute Gasteiger partial charge is 0.494 e. The Morgan fingerprint density at radius 2 is 1.78 bits per heavy atom. The minimum absolute atomic E-state index is 0.203. The van der Waals surface area contributed by atoms with Crippen molar-refractivity contribution < 1.29 is 32.3 Å². The van der Waals surface area contributed by atoms with Crippen LogP contribution in [0.2, 0.25) is 5.02 Å². The highest BCUT2D eigenvalue weighted by atomic mass is 35.5. The van der Waals surface area contributed by atoms with Crippen LogP contribution in [0.4, 0.5) is 34.5 Å². The lowest BCUT2D eigenvalue weighted by Gasteiger charge is -2.38. The number of ether oxygens (including phenoxy) is 2. The van der Waals surface area contributed by atoms with E-state index in [2.05, 4.69) is 64.4 Å². The van der Waals surface area contributed by atoms with Gasteiger partial charge in [-0.05, 0) is 68.6 Å². The summed E-state index contributed by atoms with van der Waals surface area (Å²) in [4.78, 5) is 61.4. The number of hydrogen-bond acceptors (Lipinski definition) is 15. The summed E-state index contributed by atoms with van der Waals surface area (Å²) in [5.41, 5.74) is 5.59. The number of likely N-dealkylation sites (N-methyl/N-ethyl adjacent to an activating group) is 1. The highest BCUT2D eigenvalue weighted by molar-refractivity contribution is 7.92. The number of fused-ring (bicyclic) bond motifs is 2. The molecule has 0 bridgehead atoms. The number of hydrogen-bond donors (Lipinski definition) is 4. The molecule has 20 heteroatoms. The molecule has 18 nitrogen and oxygen atoms in total. The molecule has 3 aliphatic rings. The lowest BCUT2D eigenvalue weighted by Crippen LogP contribution is -2.52. The number of rotatable bonds is 15. The predicted octanol–water partition coefficient (Wildman–Crippen LogP) is 5.24. The molecule has 2 aromatic heterocycles. The van der Waals surface area contributed by atoms with Gasteiger partial charge in [0.15, 0.2) is 5.82 Å². The summed E-state index contributed by atoms with van der Waals surface area (Å²) in [6, 6.07) is 12.5. The predicted molar refractivity (Wildman–Crippen MR) is 240 cm³/mol. The van der Waals surface area contributed by atoms with Gasteiger partial charge in [0.25, 0.3) is 5.91 Å². The van der Waals surface area contributed by atoms with Crippen molar-refractivity contribution >= 4 is 84.9 Å². The molecule has 3 amide bonds. The van der Waals surface area contributed by atoms with Gasteiger partial charge >= 0.3 is 0 Å². The maximum atomic E-state index is 13.3. The molecule has 1 unspecified atom stereocenters. The van der Waals surface area contributed by atoms with E-state index in [9.17, 15) is 22.8 Å². The molecular formula is C43H48ClN11O7S. The first-order chi connectivity index (χ1) is 30.3. The zero-order valence-electron chi connectivity index (χ0n) is 35.3. The monoisotopic (exact) mass is 897 g/mol. The number of anilines is 6. The quantitative estimate of drug-likeness (QED) is 0.0990. The molecule has 0 aliphatic carbocycles. The van der Waals surface area contributed by atoms with E-state index in [0.717, 1.165) is 55.4 Å². The number of carbonyl (C=O) groups is 3. The smallest absolute Gasteiger partial charge is 0.255 e. The van der Waals surface area contributed by atoms with E-state index >= 15 is 0 Å². The topological polar surface area (TPSA) is 213 Å². The summed E-state index contributed by atoms with van der Waals surface area (Å²) in [5.74, 6) is 0.732. The Bertz CT molecular complexity index is 2700. The number of nitrogens with zero attached hydrogens (tertiary/aromatic N) is 7. The van der Waals surface area contributed by atoms with Crippen molar-refractivity contribution in [2.75, 3.05) is 66.9 Å². The van der Waals surface area contributed by atoms with Crippen LogP contribution in [0.25, 0.3) is 11.0 Å². The summed E-state index contributed by atoms with van der Waals surface area (Å²) in [6.07, 6.45) is 8.68. The number of sulfonamides is 1. The number of carbonyl (C=O) groups excluding carboxylic acids is 3. The van der Waals surface area contributed by atoms with E-state index in [1.54, 1.807) is 31.4 Å². The molecule has 0 spiro atoms. The minimum atomic E-state index is -3.68. The number of piperidine rings is 2. The number of aromatic nitrogens is 4. The molecule has 2 fully saturated rings. The molecule has 63 heavy (non-hydrogen) atoms. The lowest BCUT2D eigenvalue weighted by molar-refractivity contribution is -0.136. The van der Waals surface area contributed by atoms with E-state index in [1.165, 1.54) is 23.5 Å². The summed E-state index contributed by atoms with van der Waals surface area (Å²) in [5, 5.41) is 8.99. The number of imide groups is 1. The Kier molecular flexibility index (Phi) is 12.5. The normalized spacial score (nSPS) is 16.9. The van der Waals surface area contributed by atoms with Crippen molar-refractivity contribution in [2.24, 2.45) is 0 Å². The lowest BCUT2D eigenvalue weighted by atomic mass is 10.0. The zero-order valence-corrected chi connectivity index (χ0v) is 36.8. The molecule has 8 rings (SSSR count). The van der Waals surface area contributed by atoms with Crippen molar-refractivity contribution in [1.29, 1.82) is 0 Å². The molecule has 2 saturated heterocycles. The van der Waals surface area contributed by atoms with E-state index in [4.69, 9.17) is 21.1 Å². The van der Waals surface area contributed by atoms with Crippen molar-refractivity contribution in [1.82, 2.24) is 35.1 Å². The van der Waals surface area contributed by atoms with Crippen LogP contribution < -0.4 is 35.0 Å². The number of amides is 3. The van der Waals surface area contributed by atoms with E-state index in [-0.39, 0.29) is 47.3 Å². The Hall–Kier alpha value is -6.31. The fourth-order valence-electron chi connectivity index (χ4n) is 8.37. The van der Waals surface area contributed by atoms with Crippen LogP contribution in [0, 0.1) is 0 Å². The van der Waals surface area contributed by atoms with Gasteiger partial charge in [0, 0.05) is 67.4 Å². The highest BCUT2D eigenvalue weighted by Crippen LogP contribution is 2.39. The van der Waals surface area contributed by atoms with Crippen LogP contribution in [-0.4, -0.2) is 115 Å². The summed E-state index contributed by atoms with van der Waals surface area (Å²) in [6.45, 7) is 5.17. The Morgan fingerprint density at radius 1 is 0.984 bits per heavy atom. The molecule has 0 saturated carbocycles. The SMILES string of the molecule is CCc1cc(Nc2ncc(Cl)c(Nc3ccc4nccnc4c3NS(C)(=O)=O)n2)c(OC)cc1N1CCC(N(C)CCOc2cccc3c2CN(C2CCC(=O)NC2=O)C3=O)CC1. The second kappa shape index (κ2) is 18.2. The van der Waals surface area contributed by atoms with Gasteiger partial charge in [0.05, 0.1) is 48.7 Å². The van der Waals surface area contributed by atoms with Gasteiger partial charge in [-0.25, -0.2) is 13.4 Å². The number of aryl methyl sites for hydroxylation is 1. The molecule has 3 aromatic carbocycles. The van der Waals surface area contributed by atoms with Gasteiger partial charge in [0.1, 0.15) is 34.7 Å². The average molecular weight is 898 g/mol. The summed E-state index contributed by atoms with van der Waals surface area (Å²) < 4.78 is 39.3. The fourth-order valence-corrected chi connectivity index (χ4v) is 9.09. The van der Waals surface area contributed by atoms with Crippen LogP contribution in [0.5, 0.6) is 11.5 Å². The average Bonchev–Trinajstić information content (AvgIpc) is 3.61. The van der Waals surface area contributed by atoms with Crippen LogP contribution in [-0.2, 0) is 32.6 Å². The van der Waals surface area contributed by atoms with Gasteiger partial charge in [-0.1, -0.05) is 24.6 Å². The van der Waals surface area contributed by atoms with Crippen molar-refractivity contribution in [3.8, 4) is 11.5 Å². The Morgan fingerprint density at radius 3 is 2.52 bits per heavy atom. The Labute approximate surface area is 369 Å². The minimum Gasteiger partial charge on any atom is -0.494 e. The molecule has 330 valence electrons. The van der Waals surface area contributed by atoms with Crippen LogP contribution in [0.15, 0.2) is 61.1 Å². The first-order valence-corrected chi connectivity index (χ1v) is 22.9. The molecular weight excluding hydrogens is 850 g/mol. The molecule has 1 atom stereocenters. The molecule has 5 aromatic rings. The second-order valence-corrected chi connectivity index (χ2v) is 17.8. The zero-order chi connectivity index (χ0) is 44.4. The van der Waals surface area contributed by atoms with Crippen LogP contribution >= 0.6 is 11.6 Å². The number of methoxy groups -OCH3 is 1. The maximum Gasteiger partial charge on any atom is 0.255 e. The van der Waals surface area contributed by atoms with Crippen molar-refractivity contribution in [2.45, 2.75) is 57.7 Å². The van der Waals surface area contributed by atoms with Gasteiger partial charge in [-0.2, -0.15) is 4.98 Å². The first-order valence-electron chi connectivity index (χ1n) is 20.6. The standard InChI is InChI=1S/C43H48ClN11O7S/c1-5-25-21-32(49-43-47-23-29(44)40(51-43)48-31-10-9-30-38(46-16-15-45-30)39(31)52-63(4,59)60)36(61-3)22-34(25)54-17-13-26(14-18-54)53(2)19-20-62-35-8-6-7-27-28(35)24-55(42(27)58)33-11-12-37(56)50-41(33)57/h6-10,15-16,21-23,26,33,52H,5,11-14,17-20,24H2,1-4H3,(H,50,56,57)(H2,47,48,49,51). The maximum absolute atomic E-state index is 13.3. The molecule has 4 N–H and O–H groups in total. The number of benzene rings is 3. The Balaban J connectivity index is 0.894. The van der Waals surface area contributed by atoms with Gasteiger partial charge in [-0.15, -0.1) is 0 Å². The molecule has 5 heterocycles. The summed E-state index contributed by atoms with van der Waals surface area (Å²) >= 11 is 6.55. The van der Waals surface area contributed by atoms with Crippen LogP contribution in [0.1, 0.15) is 54.1 Å².